The molecular weight excluding hydrogens is 351 g/mol. The van der Waals surface area contributed by atoms with Gasteiger partial charge in [-0.25, -0.2) is 14.9 Å². The van der Waals surface area contributed by atoms with Crippen LogP contribution in [0.3, 0.4) is 0 Å². The molecule has 24 heavy (non-hydrogen) atoms. The summed E-state index contributed by atoms with van der Waals surface area (Å²) in [4.78, 5) is 22.9. The largest absolute Gasteiger partial charge is 0.434 e. The first-order valence-electron chi connectivity index (χ1n) is 6.43. The van der Waals surface area contributed by atoms with Crippen molar-refractivity contribution in [1.29, 1.82) is 0 Å². The van der Waals surface area contributed by atoms with E-state index in [0.717, 1.165) is 6.20 Å². The van der Waals surface area contributed by atoms with Gasteiger partial charge >= 0.3 is 12.2 Å². The number of carbonyl (C=O) groups is 2. The van der Waals surface area contributed by atoms with E-state index >= 15 is 0 Å². The molecule has 2 rings (SSSR count). The summed E-state index contributed by atoms with van der Waals surface area (Å²) in [5.74, 6) is -1.17. The first-order chi connectivity index (χ1) is 11.2. The van der Waals surface area contributed by atoms with Gasteiger partial charge in [0, 0.05) is 12.1 Å². The third kappa shape index (κ3) is 3.77. The number of hydrogen-bond acceptors (Lipinski definition) is 3. The molecular formula is C13H11ClF3N5O2. The van der Waals surface area contributed by atoms with Crippen LogP contribution in [0.15, 0.2) is 30.5 Å². The summed E-state index contributed by atoms with van der Waals surface area (Å²) in [6.07, 6.45) is -4.11. The fourth-order valence-corrected chi connectivity index (χ4v) is 2.02. The van der Waals surface area contributed by atoms with Gasteiger partial charge in [0.15, 0.2) is 5.69 Å². The van der Waals surface area contributed by atoms with Crippen molar-refractivity contribution < 1.29 is 22.8 Å². The Labute approximate surface area is 138 Å². The SMILES string of the molecule is CNC(=O)NNC(=O)c1cnn(-c2cccc(Cl)c2)c1C(F)(F)F. The molecule has 0 aliphatic rings. The van der Waals surface area contributed by atoms with E-state index in [2.05, 4.69) is 10.4 Å². The van der Waals surface area contributed by atoms with E-state index < -0.39 is 29.4 Å². The van der Waals surface area contributed by atoms with Crippen molar-refractivity contribution in [2.24, 2.45) is 0 Å². The number of nitrogens with one attached hydrogen (secondary N) is 3. The average Bonchev–Trinajstić information content (AvgIpc) is 2.97. The number of hydrazine groups is 1. The maximum atomic E-state index is 13.4. The lowest BCUT2D eigenvalue weighted by Gasteiger charge is -2.13. The average molecular weight is 362 g/mol. The van der Waals surface area contributed by atoms with Crippen LogP contribution in [0.5, 0.6) is 0 Å². The fraction of sp³-hybridized carbons (Fsp3) is 0.154. The van der Waals surface area contributed by atoms with Gasteiger partial charge in [0.1, 0.15) is 0 Å². The molecule has 0 radical (unpaired) electrons. The first kappa shape index (κ1) is 17.6. The molecule has 3 N–H and O–H groups in total. The Morgan fingerprint density at radius 1 is 1.25 bits per heavy atom. The van der Waals surface area contributed by atoms with Crippen molar-refractivity contribution in [3.05, 3.63) is 46.7 Å². The maximum Gasteiger partial charge on any atom is 0.434 e. The van der Waals surface area contributed by atoms with Crippen LogP contribution in [0.4, 0.5) is 18.0 Å². The molecule has 0 fully saturated rings. The molecule has 1 heterocycles. The minimum absolute atomic E-state index is 0.0353. The van der Waals surface area contributed by atoms with Gasteiger partial charge in [0.05, 0.1) is 17.4 Å². The van der Waals surface area contributed by atoms with Crippen LogP contribution in [-0.2, 0) is 6.18 Å². The lowest BCUT2D eigenvalue weighted by Crippen LogP contribution is -2.46. The molecule has 0 saturated carbocycles. The molecule has 0 saturated heterocycles. The molecule has 0 aliphatic carbocycles. The Bertz CT molecular complexity index is 775. The summed E-state index contributed by atoms with van der Waals surface area (Å²) in [5.41, 5.74) is 1.74. The van der Waals surface area contributed by atoms with E-state index in [1.165, 1.54) is 31.3 Å². The maximum absolute atomic E-state index is 13.4. The minimum atomic E-state index is -4.86. The summed E-state index contributed by atoms with van der Waals surface area (Å²) in [6, 6.07) is 4.78. The molecule has 0 aliphatic heterocycles. The van der Waals surface area contributed by atoms with Gasteiger partial charge in [-0.1, -0.05) is 17.7 Å². The molecule has 0 atom stereocenters. The summed E-state index contributed by atoms with van der Waals surface area (Å²) in [7, 11) is 1.28. The molecule has 1 aromatic heterocycles. The summed E-state index contributed by atoms with van der Waals surface area (Å²) >= 11 is 5.78. The number of urea groups is 1. The lowest BCUT2D eigenvalue weighted by molar-refractivity contribution is -0.143. The number of amides is 3. The lowest BCUT2D eigenvalue weighted by atomic mass is 10.2. The highest BCUT2D eigenvalue weighted by molar-refractivity contribution is 6.30. The van der Waals surface area contributed by atoms with Gasteiger partial charge in [-0.05, 0) is 18.2 Å². The van der Waals surface area contributed by atoms with Gasteiger partial charge < -0.3 is 5.32 Å². The van der Waals surface area contributed by atoms with E-state index in [1.807, 2.05) is 10.9 Å². The Balaban J connectivity index is 2.43. The van der Waals surface area contributed by atoms with Crippen LogP contribution >= 0.6 is 11.6 Å². The molecule has 0 spiro atoms. The zero-order valence-corrected chi connectivity index (χ0v) is 12.9. The normalized spacial score (nSPS) is 11.0. The third-order valence-electron chi connectivity index (χ3n) is 2.85. The highest BCUT2D eigenvalue weighted by Gasteiger charge is 2.40. The number of hydrogen-bond donors (Lipinski definition) is 3. The second-order valence-electron chi connectivity index (χ2n) is 4.45. The Morgan fingerprint density at radius 3 is 2.54 bits per heavy atom. The summed E-state index contributed by atoms with van der Waals surface area (Å²) in [6.45, 7) is 0. The van der Waals surface area contributed by atoms with Crippen LogP contribution in [-0.4, -0.2) is 28.8 Å². The number of nitrogens with zero attached hydrogens (tertiary/aromatic N) is 2. The summed E-state index contributed by atoms with van der Waals surface area (Å²) < 4.78 is 40.7. The van der Waals surface area contributed by atoms with Crippen LogP contribution in [0.1, 0.15) is 16.1 Å². The molecule has 0 unspecified atom stereocenters. The summed E-state index contributed by atoms with van der Waals surface area (Å²) in [5, 5.41) is 5.95. The van der Waals surface area contributed by atoms with E-state index in [4.69, 9.17) is 11.6 Å². The molecule has 1 aromatic carbocycles. The second-order valence-corrected chi connectivity index (χ2v) is 4.89. The molecule has 3 amide bonds. The van der Waals surface area contributed by atoms with Crippen LogP contribution in [0.25, 0.3) is 5.69 Å². The molecule has 11 heteroatoms. The van der Waals surface area contributed by atoms with Gasteiger partial charge in [0.25, 0.3) is 5.91 Å². The quantitative estimate of drug-likeness (QED) is 0.716. The predicted molar refractivity (Wildman–Crippen MR) is 78.6 cm³/mol. The zero-order chi connectivity index (χ0) is 17.9. The first-order valence-corrected chi connectivity index (χ1v) is 6.81. The highest BCUT2D eigenvalue weighted by atomic mass is 35.5. The number of benzene rings is 1. The highest BCUT2D eigenvalue weighted by Crippen LogP contribution is 2.33. The Morgan fingerprint density at radius 2 is 1.96 bits per heavy atom. The number of rotatable bonds is 2. The monoisotopic (exact) mass is 361 g/mol. The number of carbonyl (C=O) groups excluding carboxylic acids is 2. The van der Waals surface area contributed by atoms with Crippen LogP contribution < -0.4 is 16.2 Å². The van der Waals surface area contributed by atoms with Crippen molar-refractivity contribution in [3.8, 4) is 5.69 Å². The van der Waals surface area contributed by atoms with Crippen molar-refractivity contribution in [2.75, 3.05) is 7.05 Å². The van der Waals surface area contributed by atoms with E-state index in [0.29, 0.717) is 4.68 Å². The van der Waals surface area contributed by atoms with E-state index in [1.54, 1.807) is 0 Å². The number of alkyl halides is 3. The smallest absolute Gasteiger partial charge is 0.340 e. The van der Waals surface area contributed by atoms with Gasteiger partial charge in [-0.2, -0.15) is 18.3 Å². The van der Waals surface area contributed by atoms with Gasteiger partial charge in [-0.15, -0.1) is 0 Å². The topological polar surface area (TPSA) is 88.1 Å². The third-order valence-corrected chi connectivity index (χ3v) is 3.09. The minimum Gasteiger partial charge on any atom is -0.340 e. The molecule has 0 bridgehead atoms. The van der Waals surface area contributed by atoms with Crippen LogP contribution in [0.2, 0.25) is 5.02 Å². The van der Waals surface area contributed by atoms with Crippen molar-refractivity contribution >= 4 is 23.5 Å². The molecule has 2 aromatic rings. The standard InChI is InChI=1S/C13H11ClF3N5O2/c1-18-12(24)21-20-11(23)9-6-19-22(10(9)13(15,16)17)8-4-2-3-7(14)5-8/h2-6H,1H3,(H,20,23)(H2,18,21,24). The predicted octanol–water partition coefficient (Wildman–Crippen LogP) is 2.12. The van der Waals surface area contributed by atoms with Gasteiger partial charge in [0.2, 0.25) is 0 Å². The van der Waals surface area contributed by atoms with Crippen molar-refractivity contribution in [3.63, 3.8) is 0 Å². The molecule has 7 nitrogen and oxygen atoms in total. The second kappa shape index (κ2) is 6.79. The van der Waals surface area contributed by atoms with Crippen LogP contribution in [0, 0.1) is 0 Å². The Kier molecular flexibility index (Phi) is 4.98. The van der Waals surface area contributed by atoms with Crippen molar-refractivity contribution in [1.82, 2.24) is 25.9 Å². The van der Waals surface area contributed by atoms with E-state index in [-0.39, 0.29) is 10.7 Å². The fourth-order valence-electron chi connectivity index (χ4n) is 1.83. The number of aromatic nitrogens is 2. The van der Waals surface area contributed by atoms with E-state index in [9.17, 15) is 22.8 Å². The number of halogens is 4. The zero-order valence-electron chi connectivity index (χ0n) is 12.1. The van der Waals surface area contributed by atoms with Gasteiger partial charge in [-0.3, -0.25) is 10.2 Å². The Hall–Kier alpha value is -2.75. The molecule has 128 valence electrons. The van der Waals surface area contributed by atoms with Crippen molar-refractivity contribution in [2.45, 2.75) is 6.18 Å².